The lowest BCUT2D eigenvalue weighted by Gasteiger charge is -2.33. The highest BCUT2D eigenvalue weighted by atomic mass is 35.5. The fraction of sp³-hybridized carbons (Fsp3) is 0.308. The number of hydrogen-bond acceptors (Lipinski definition) is 6. The fourth-order valence-corrected chi connectivity index (χ4v) is 7.41. The van der Waals surface area contributed by atoms with Crippen LogP contribution < -0.4 is 4.90 Å². The Balaban J connectivity index is 1.45. The van der Waals surface area contributed by atoms with Gasteiger partial charge in [0.15, 0.2) is 5.13 Å². The molecular weight excluding hydrogens is 518 g/mol. The SMILES string of the molecule is Cc1cc(C)c2nc(N(Cc3ccco3)C(=O)C3CCCN(S(=O)(=O)c4ccc(Cl)cc4)C3)sc2c1. The molecule has 1 amide bonds. The molecule has 36 heavy (non-hydrogen) atoms. The van der Waals surface area contributed by atoms with Gasteiger partial charge in [-0.05, 0) is 80.3 Å². The van der Waals surface area contributed by atoms with E-state index in [0.717, 1.165) is 21.3 Å². The number of rotatable bonds is 6. The van der Waals surface area contributed by atoms with Crippen LogP contribution in [0.5, 0.6) is 0 Å². The first-order valence-corrected chi connectivity index (χ1v) is 14.3. The molecular formula is C26H26ClN3O4S2. The number of sulfonamides is 1. The van der Waals surface area contributed by atoms with Gasteiger partial charge < -0.3 is 4.42 Å². The van der Waals surface area contributed by atoms with Crippen LogP contribution in [-0.4, -0.2) is 36.7 Å². The molecule has 0 saturated carbocycles. The summed E-state index contributed by atoms with van der Waals surface area (Å²) in [5.41, 5.74) is 3.05. The summed E-state index contributed by atoms with van der Waals surface area (Å²) in [4.78, 5) is 20.5. The largest absolute Gasteiger partial charge is 0.467 e. The third-order valence-electron chi connectivity index (χ3n) is 6.39. The van der Waals surface area contributed by atoms with Crippen LogP contribution in [0.3, 0.4) is 0 Å². The quantitative estimate of drug-likeness (QED) is 0.307. The molecule has 3 heterocycles. The van der Waals surface area contributed by atoms with Gasteiger partial charge in [-0.15, -0.1) is 0 Å². The Kier molecular flexibility index (Phi) is 6.91. The lowest BCUT2D eigenvalue weighted by Crippen LogP contribution is -2.46. The van der Waals surface area contributed by atoms with E-state index >= 15 is 0 Å². The Morgan fingerprint density at radius 2 is 2.00 bits per heavy atom. The Labute approximate surface area is 219 Å². The maximum atomic E-state index is 13.9. The van der Waals surface area contributed by atoms with Crippen molar-refractivity contribution >= 4 is 54.2 Å². The standard InChI is InChI=1S/C26H26ClN3O4S2/c1-17-13-18(2)24-23(14-17)35-26(28-24)30(16-21-6-4-12-34-21)25(31)19-5-3-11-29(15-19)36(32,33)22-9-7-20(27)8-10-22/h4,6-10,12-14,19H,3,5,11,15-16H2,1-2H3. The van der Waals surface area contributed by atoms with Crippen LogP contribution >= 0.6 is 22.9 Å². The highest BCUT2D eigenvalue weighted by molar-refractivity contribution is 7.89. The molecule has 1 saturated heterocycles. The topological polar surface area (TPSA) is 83.7 Å². The summed E-state index contributed by atoms with van der Waals surface area (Å²) in [7, 11) is -3.74. The van der Waals surface area contributed by atoms with E-state index in [4.69, 9.17) is 21.0 Å². The minimum atomic E-state index is -3.74. The zero-order valence-corrected chi connectivity index (χ0v) is 22.4. The number of aryl methyl sites for hydroxylation is 2. The van der Waals surface area contributed by atoms with E-state index in [-0.39, 0.29) is 23.9 Å². The summed E-state index contributed by atoms with van der Waals surface area (Å²) in [5, 5.41) is 1.05. The Bertz CT molecular complexity index is 1500. The zero-order chi connectivity index (χ0) is 25.4. The summed E-state index contributed by atoms with van der Waals surface area (Å²) in [6.45, 7) is 4.76. The van der Waals surface area contributed by atoms with E-state index in [2.05, 4.69) is 12.1 Å². The number of amides is 1. The van der Waals surface area contributed by atoms with E-state index in [1.165, 1.54) is 27.8 Å². The van der Waals surface area contributed by atoms with Crippen molar-refractivity contribution in [1.82, 2.24) is 9.29 Å². The van der Waals surface area contributed by atoms with Crippen molar-refractivity contribution in [3.63, 3.8) is 0 Å². The van der Waals surface area contributed by atoms with Gasteiger partial charge in [0.1, 0.15) is 5.76 Å². The number of fused-ring (bicyclic) bond motifs is 1. The highest BCUT2D eigenvalue weighted by Crippen LogP contribution is 2.34. The van der Waals surface area contributed by atoms with Gasteiger partial charge >= 0.3 is 0 Å². The number of nitrogens with zero attached hydrogens (tertiary/aromatic N) is 3. The summed E-state index contributed by atoms with van der Waals surface area (Å²) in [6, 6.07) is 13.9. The van der Waals surface area contributed by atoms with E-state index < -0.39 is 15.9 Å². The molecule has 0 N–H and O–H groups in total. The van der Waals surface area contributed by atoms with Gasteiger partial charge in [-0.2, -0.15) is 4.31 Å². The number of anilines is 1. The van der Waals surface area contributed by atoms with Crippen LogP contribution in [0, 0.1) is 19.8 Å². The predicted molar refractivity (Wildman–Crippen MR) is 142 cm³/mol. The Morgan fingerprint density at radius 1 is 1.22 bits per heavy atom. The van der Waals surface area contributed by atoms with E-state index in [1.54, 1.807) is 29.4 Å². The van der Waals surface area contributed by atoms with Crippen LogP contribution in [0.4, 0.5) is 5.13 Å². The third-order valence-corrected chi connectivity index (χ3v) is 9.55. The second-order valence-electron chi connectivity index (χ2n) is 9.08. The number of benzene rings is 2. The molecule has 1 unspecified atom stereocenters. The van der Waals surface area contributed by atoms with Gasteiger partial charge in [-0.25, -0.2) is 13.4 Å². The number of carbonyl (C=O) groups is 1. The van der Waals surface area contributed by atoms with Gasteiger partial charge in [0, 0.05) is 18.1 Å². The predicted octanol–water partition coefficient (Wildman–Crippen LogP) is 5.79. The van der Waals surface area contributed by atoms with Crippen LogP contribution in [-0.2, 0) is 21.4 Å². The maximum absolute atomic E-state index is 13.9. The van der Waals surface area contributed by atoms with Crippen LogP contribution in [0.25, 0.3) is 10.2 Å². The van der Waals surface area contributed by atoms with Gasteiger partial charge in [0.2, 0.25) is 15.9 Å². The van der Waals surface area contributed by atoms with E-state index in [9.17, 15) is 13.2 Å². The lowest BCUT2D eigenvalue weighted by molar-refractivity contribution is -0.123. The average Bonchev–Trinajstić information content (AvgIpc) is 3.52. The zero-order valence-electron chi connectivity index (χ0n) is 20.0. The molecule has 5 rings (SSSR count). The molecule has 1 aliphatic heterocycles. The number of thiazole rings is 1. The molecule has 1 fully saturated rings. The number of furan rings is 1. The second kappa shape index (κ2) is 9.97. The first kappa shape index (κ1) is 25.0. The number of halogens is 1. The molecule has 1 aliphatic rings. The van der Waals surface area contributed by atoms with Crippen LogP contribution in [0.1, 0.15) is 29.7 Å². The summed E-state index contributed by atoms with van der Waals surface area (Å²) in [5.74, 6) is -0.0153. The van der Waals surface area contributed by atoms with Crippen molar-refractivity contribution < 1.29 is 17.6 Å². The normalized spacial score (nSPS) is 16.9. The number of carbonyl (C=O) groups excluding carboxylic acids is 1. The molecule has 0 bridgehead atoms. The maximum Gasteiger partial charge on any atom is 0.243 e. The molecule has 7 nitrogen and oxygen atoms in total. The molecule has 0 aliphatic carbocycles. The fourth-order valence-electron chi connectivity index (χ4n) is 4.61. The van der Waals surface area contributed by atoms with Gasteiger partial charge in [0.05, 0.1) is 33.8 Å². The van der Waals surface area contributed by atoms with Crippen molar-refractivity contribution in [2.24, 2.45) is 5.92 Å². The number of hydrogen-bond donors (Lipinski definition) is 0. The molecule has 4 aromatic rings. The summed E-state index contributed by atoms with van der Waals surface area (Å²) < 4.78 is 34.5. The van der Waals surface area contributed by atoms with E-state index in [0.29, 0.717) is 35.3 Å². The average molecular weight is 544 g/mol. The number of aromatic nitrogens is 1. The van der Waals surface area contributed by atoms with Gasteiger partial charge in [0.25, 0.3) is 0 Å². The minimum Gasteiger partial charge on any atom is -0.467 e. The molecule has 2 aromatic heterocycles. The van der Waals surface area contributed by atoms with E-state index in [1.807, 2.05) is 19.9 Å². The Hall–Kier alpha value is -2.72. The smallest absolute Gasteiger partial charge is 0.243 e. The third kappa shape index (κ3) is 4.93. The van der Waals surface area contributed by atoms with Crippen molar-refractivity contribution in [3.05, 3.63) is 76.7 Å². The highest BCUT2D eigenvalue weighted by Gasteiger charge is 2.36. The molecule has 188 valence electrons. The molecule has 2 aromatic carbocycles. The lowest BCUT2D eigenvalue weighted by atomic mass is 9.98. The van der Waals surface area contributed by atoms with Crippen molar-refractivity contribution in [2.45, 2.75) is 38.1 Å². The molecule has 0 radical (unpaired) electrons. The molecule has 10 heteroatoms. The van der Waals surface area contributed by atoms with Gasteiger partial charge in [-0.3, -0.25) is 9.69 Å². The Morgan fingerprint density at radius 3 is 2.72 bits per heavy atom. The van der Waals surface area contributed by atoms with Gasteiger partial charge in [-0.1, -0.05) is 29.0 Å². The first-order valence-electron chi connectivity index (χ1n) is 11.7. The molecule has 1 atom stereocenters. The summed E-state index contributed by atoms with van der Waals surface area (Å²) >= 11 is 7.40. The second-order valence-corrected chi connectivity index (χ2v) is 12.5. The van der Waals surface area contributed by atoms with Crippen molar-refractivity contribution in [1.29, 1.82) is 0 Å². The first-order chi connectivity index (χ1) is 17.2. The van der Waals surface area contributed by atoms with Crippen LogP contribution in [0.2, 0.25) is 5.02 Å². The molecule has 0 spiro atoms. The van der Waals surface area contributed by atoms with Crippen molar-refractivity contribution in [2.75, 3.05) is 18.0 Å². The monoisotopic (exact) mass is 543 g/mol. The number of piperidine rings is 1. The summed E-state index contributed by atoms with van der Waals surface area (Å²) in [6.07, 6.45) is 2.77. The minimum absolute atomic E-state index is 0.113. The van der Waals surface area contributed by atoms with Crippen LogP contribution in [0.15, 0.2) is 64.1 Å². The van der Waals surface area contributed by atoms with Crippen molar-refractivity contribution in [3.8, 4) is 0 Å².